The quantitative estimate of drug-likeness (QED) is 0.311. The molecule has 1 aliphatic heterocycles. The van der Waals surface area contributed by atoms with Gasteiger partial charge >= 0.3 is 0 Å². The van der Waals surface area contributed by atoms with E-state index in [2.05, 4.69) is 34.0 Å². The van der Waals surface area contributed by atoms with E-state index >= 15 is 0 Å². The van der Waals surface area contributed by atoms with E-state index in [0.717, 1.165) is 32.6 Å². The van der Waals surface area contributed by atoms with Gasteiger partial charge in [-0.05, 0) is 13.0 Å². The third-order valence-electron chi connectivity index (χ3n) is 4.87. The maximum Gasteiger partial charge on any atom is 0.252 e. The van der Waals surface area contributed by atoms with Crippen molar-refractivity contribution in [3.8, 4) is 0 Å². The largest absolute Gasteiger partial charge is 0.314 e. The molecule has 1 saturated heterocycles. The Morgan fingerprint density at radius 2 is 1.92 bits per heavy atom. The van der Waals surface area contributed by atoms with E-state index in [9.17, 15) is 9.59 Å². The van der Waals surface area contributed by atoms with Crippen LogP contribution in [0.15, 0.2) is 24.8 Å². The molecule has 1 aliphatic rings. The monoisotopic (exact) mass is 352 g/mol. The van der Waals surface area contributed by atoms with Crippen LogP contribution in [0.1, 0.15) is 20.3 Å². The minimum atomic E-state index is -0.218. The molecule has 0 aliphatic carbocycles. The number of carbonyl (C=O) groups is 2. The summed E-state index contributed by atoms with van der Waals surface area (Å²) >= 11 is 0. The van der Waals surface area contributed by atoms with Crippen molar-refractivity contribution in [2.75, 3.05) is 46.9 Å². The molecule has 0 aromatic heterocycles. The number of amides is 2. The zero-order valence-electron chi connectivity index (χ0n) is 16.1. The second-order valence-electron chi connectivity index (χ2n) is 7.07. The maximum absolute atomic E-state index is 12.7. The van der Waals surface area contributed by atoms with Gasteiger partial charge in [0.25, 0.3) is 5.91 Å². The van der Waals surface area contributed by atoms with Crippen LogP contribution in [0.25, 0.3) is 0 Å². The molecule has 0 aromatic carbocycles. The van der Waals surface area contributed by atoms with Gasteiger partial charge in [-0.25, -0.2) is 0 Å². The van der Waals surface area contributed by atoms with E-state index < -0.39 is 0 Å². The molecule has 0 radical (unpaired) electrons. The highest BCUT2D eigenvalue weighted by Gasteiger charge is 2.31. The lowest BCUT2D eigenvalue weighted by atomic mass is 10.1. The van der Waals surface area contributed by atoms with Crippen LogP contribution >= 0.6 is 0 Å². The minimum absolute atomic E-state index is 0.00990. The number of piperazine rings is 1. The second kappa shape index (κ2) is 9.70. The molecule has 1 rings (SSSR count). The van der Waals surface area contributed by atoms with Crippen LogP contribution in [0.2, 0.25) is 0 Å². The zero-order chi connectivity index (χ0) is 19.0. The number of quaternary nitrogens is 1. The first-order chi connectivity index (χ1) is 11.7. The summed E-state index contributed by atoms with van der Waals surface area (Å²) in [7, 11) is 3.95. The van der Waals surface area contributed by atoms with Gasteiger partial charge in [-0.1, -0.05) is 20.1 Å². The Kier molecular flexibility index (Phi) is 8.28. The number of carbonyl (C=O) groups excluding carboxylic acids is 2. The predicted molar refractivity (Wildman–Crippen MR) is 101 cm³/mol. The Balaban J connectivity index is 2.65. The fraction of sp³-hybridized carbons (Fsp3) is 0.667. The highest BCUT2D eigenvalue weighted by atomic mass is 16.2. The molecule has 142 valence electrons. The van der Waals surface area contributed by atoms with Gasteiger partial charge in [0.05, 0.1) is 14.1 Å². The molecule has 3 N–H and O–H groups in total. The normalized spacial score (nSPS) is 18.1. The molecule has 0 aromatic rings. The van der Waals surface area contributed by atoms with Gasteiger partial charge in [-0.15, -0.1) is 0 Å². The molecule has 7 nitrogen and oxygen atoms in total. The molecule has 7 heteroatoms. The topological polar surface area (TPSA) is 73.5 Å². The van der Waals surface area contributed by atoms with Gasteiger partial charge in [0.15, 0.2) is 12.8 Å². The third kappa shape index (κ3) is 6.26. The summed E-state index contributed by atoms with van der Waals surface area (Å²) in [6, 6.07) is 0.00990. The van der Waals surface area contributed by atoms with Gasteiger partial charge in [0.2, 0.25) is 5.91 Å². The van der Waals surface area contributed by atoms with Gasteiger partial charge < -0.3 is 16.0 Å². The summed E-state index contributed by atoms with van der Waals surface area (Å²) in [5, 5.41) is 9.18. The first-order valence-corrected chi connectivity index (χ1v) is 8.90. The van der Waals surface area contributed by atoms with Crippen LogP contribution in [0, 0.1) is 0 Å². The summed E-state index contributed by atoms with van der Waals surface area (Å²) in [4.78, 5) is 26.4. The van der Waals surface area contributed by atoms with Gasteiger partial charge in [-0.3, -0.25) is 19.0 Å². The molecule has 2 atom stereocenters. The Morgan fingerprint density at radius 3 is 2.44 bits per heavy atom. The van der Waals surface area contributed by atoms with Crippen molar-refractivity contribution < 1.29 is 14.1 Å². The molecule has 2 unspecified atom stereocenters. The third-order valence-corrected chi connectivity index (χ3v) is 4.87. The highest BCUT2D eigenvalue weighted by Crippen LogP contribution is 2.12. The molecule has 0 spiro atoms. The van der Waals surface area contributed by atoms with Crippen LogP contribution in [0.4, 0.5) is 0 Å². The van der Waals surface area contributed by atoms with Crippen molar-refractivity contribution in [2.24, 2.45) is 0 Å². The van der Waals surface area contributed by atoms with Crippen LogP contribution < -0.4 is 16.0 Å². The van der Waals surface area contributed by atoms with Crippen molar-refractivity contribution in [1.29, 1.82) is 0 Å². The number of nitrogens with one attached hydrogen (secondary N) is 3. The first-order valence-electron chi connectivity index (χ1n) is 8.90. The average Bonchev–Trinajstić information content (AvgIpc) is 2.63. The summed E-state index contributed by atoms with van der Waals surface area (Å²) in [5.41, 5.74) is 0.579. The molecule has 1 heterocycles. The lowest BCUT2D eigenvalue weighted by molar-refractivity contribution is -0.919. The van der Waals surface area contributed by atoms with Crippen LogP contribution in [0.3, 0.4) is 0 Å². The fourth-order valence-corrected chi connectivity index (χ4v) is 2.96. The lowest BCUT2D eigenvalue weighted by Crippen LogP contribution is -2.61. The maximum atomic E-state index is 12.7. The zero-order valence-corrected chi connectivity index (χ0v) is 16.1. The second-order valence-corrected chi connectivity index (χ2v) is 7.07. The van der Waals surface area contributed by atoms with Crippen LogP contribution in [-0.2, 0) is 9.59 Å². The Bertz CT molecular complexity index is 498. The summed E-state index contributed by atoms with van der Waals surface area (Å²) in [6.45, 7) is 15.6. The number of nitrogens with zero attached hydrogens (tertiary/aromatic N) is 2. The van der Waals surface area contributed by atoms with E-state index in [0.29, 0.717) is 16.7 Å². The van der Waals surface area contributed by atoms with Crippen molar-refractivity contribution >= 4 is 11.8 Å². The van der Waals surface area contributed by atoms with Crippen LogP contribution in [0.5, 0.6) is 0 Å². The number of hydrogen-bond acceptors (Lipinski definition) is 4. The van der Waals surface area contributed by atoms with Crippen molar-refractivity contribution in [3.63, 3.8) is 0 Å². The lowest BCUT2D eigenvalue weighted by Gasteiger charge is -2.38. The smallest absolute Gasteiger partial charge is 0.252 e. The Labute approximate surface area is 151 Å². The minimum Gasteiger partial charge on any atom is -0.314 e. The van der Waals surface area contributed by atoms with Crippen molar-refractivity contribution in [1.82, 2.24) is 20.9 Å². The number of rotatable bonds is 9. The molecule has 1 fully saturated rings. The summed E-state index contributed by atoms with van der Waals surface area (Å²) in [6.07, 6.45) is 1.87. The van der Waals surface area contributed by atoms with Gasteiger partial charge in [0.1, 0.15) is 0 Å². The summed E-state index contributed by atoms with van der Waals surface area (Å²) < 4.78 is 0.442. The van der Waals surface area contributed by atoms with E-state index in [-0.39, 0.29) is 24.0 Å². The predicted octanol–water partition coefficient (Wildman–Crippen LogP) is 0.0247. The van der Waals surface area contributed by atoms with Crippen molar-refractivity contribution in [2.45, 2.75) is 32.5 Å². The standard InChI is InChI=1S/C18H33N5O2/c1-7-16(23(5,6)13-20-17(24)8-2)21-18(25)14(3)15(4)22-11-9-19-10-12-22/h8,15-16,19H,2-3,7,9-13H2,1,4-6H3,(H-,20,21,24,25)/p+1. The highest BCUT2D eigenvalue weighted by molar-refractivity contribution is 5.94. The fourth-order valence-electron chi connectivity index (χ4n) is 2.96. The molecular formula is C18H34N5O2+. The van der Waals surface area contributed by atoms with Crippen molar-refractivity contribution in [3.05, 3.63) is 24.8 Å². The molecule has 2 amide bonds. The van der Waals surface area contributed by atoms with E-state index in [1.165, 1.54) is 6.08 Å². The van der Waals surface area contributed by atoms with E-state index in [1.807, 2.05) is 27.9 Å². The summed E-state index contributed by atoms with van der Waals surface area (Å²) in [5.74, 6) is -0.344. The van der Waals surface area contributed by atoms with Crippen LogP contribution in [-0.4, -0.2) is 80.3 Å². The molecule has 0 saturated carbocycles. The van der Waals surface area contributed by atoms with Gasteiger partial charge in [0, 0.05) is 44.2 Å². The Morgan fingerprint density at radius 1 is 1.32 bits per heavy atom. The van der Waals surface area contributed by atoms with E-state index in [1.54, 1.807) is 0 Å². The molecule has 25 heavy (non-hydrogen) atoms. The van der Waals surface area contributed by atoms with Gasteiger partial charge in [-0.2, -0.15) is 0 Å². The number of hydrogen-bond donors (Lipinski definition) is 3. The molecular weight excluding hydrogens is 318 g/mol. The molecule has 0 bridgehead atoms. The first kappa shape index (κ1) is 21.3. The SMILES string of the molecule is C=CC(=O)NC[N+](C)(C)C(CC)NC(=O)C(=C)C(C)N1CCNCC1. The average molecular weight is 353 g/mol. The Hall–Kier alpha value is -1.70. The van der Waals surface area contributed by atoms with E-state index in [4.69, 9.17) is 0 Å².